The maximum atomic E-state index is 10.3. The molecule has 0 aliphatic carbocycles. The van der Waals surface area contributed by atoms with Gasteiger partial charge < -0.3 is 5.73 Å². The summed E-state index contributed by atoms with van der Waals surface area (Å²) < 4.78 is 0. The quantitative estimate of drug-likeness (QED) is 0.493. The van der Waals surface area contributed by atoms with Crippen molar-refractivity contribution in [3.8, 4) is 0 Å². The van der Waals surface area contributed by atoms with Crippen LogP contribution in [0.1, 0.15) is 11.1 Å². The molecule has 2 N–H and O–H groups in total. The van der Waals surface area contributed by atoms with Crippen molar-refractivity contribution in [1.82, 2.24) is 0 Å². The van der Waals surface area contributed by atoms with E-state index in [1.807, 2.05) is 26.0 Å². The Kier molecular flexibility index (Phi) is 1.89. The van der Waals surface area contributed by atoms with E-state index in [-0.39, 0.29) is 0 Å². The third kappa shape index (κ3) is 1.22. The molecule has 3 nitrogen and oxygen atoms in total. The van der Waals surface area contributed by atoms with Gasteiger partial charge in [-0.2, -0.15) is 0 Å². The lowest BCUT2D eigenvalue weighted by molar-refractivity contribution is 1.35. The summed E-state index contributed by atoms with van der Waals surface area (Å²) in [4.78, 5) is 10.3. The molecule has 11 heavy (non-hydrogen) atoms. The number of nitrogens with two attached hydrogens (primary N) is 1. The molecule has 0 aliphatic rings. The van der Waals surface area contributed by atoms with Crippen LogP contribution in [0.3, 0.4) is 0 Å². The van der Waals surface area contributed by atoms with Crippen LogP contribution in [-0.4, -0.2) is 0 Å². The van der Waals surface area contributed by atoms with Crippen molar-refractivity contribution >= 4 is 11.4 Å². The Morgan fingerprint density at radius 1 is 1.27 bits per heavy atom. The normalized spacial score (nSPS) is 9.64. The van der Waals surface area contributed by atoms with Gasteiger partial charge in [-0.05, 0) is 30.2 Å². The number of nitroso groups, excluding NO2 is 1. The van der Waals surface area contributed by atoms with E-state index in [0.29, 0.717) is 11.4 Å². The molecule has 0 atom stereocenters. The highest BCUT2D eigenvalue weighted by Gasteiger charge is 2.04. The zero-order valence-corrected chi connectivity index (χ0v) is 6.59. The molecule has 0 spiro atoms. The molecule has 0 bridgehead atoms. The third-order valence-corrected chi connectivity index (χ3v) is 1.73. The van der Waals surface area contributed by atoms with E-state index in [1.54, 1.807) is 0 Å². The van der Waals surface area contributed by atoms with E-state index in [9.17, 15) is 4.91 Å². The first kappa shape index (κ1) is 7.72. The molecule has 58 valence electrons. The molecule has 0 fully saturated rings. The molecule has 0 aliphatic heterocycles. The van der Waals surface area contributed by atoms with E-state index in [2.05, 4.69) is 5.18 Å². The Balaban J connectivity index is 3.40. The lowest BCUT2D eigenvalue weighted by Crippen LogP contribution is -1.91. The summed E-state index contributed by atoms with van der Waals surface area (Å²) in [5.74, 6) is 0. The van der Waals surface area contributed by atoms with Gasteiger partial charge in [0.2, 0.25) is 0 Å². The molecule has 0 saturated heterocycles. The van der Waals surface area contributed by atoms with Gasteiger partial charge in [-0.1, -0.05) is 12.1 Å². The first-order chi connectivity index (χ1) is 5.16. The smallest absolute Gasteiger partial charge is 0.134 e. The van der Waals surface area contributed by atoms with Crippen molar-refractivity contribution in [3.05, 3.63) is 28.2 Å². The third-order valence-electron chi connectivity index (χ3n) is 1.73. The average molecular weight is 150 g/mol. The second-order valence-corrected chi connectivity index (χ2v) is 2.55. The molecule has 1 aromatic carbocycles. The Morgan fingerprint density at radius 2 is 1.82 bits per heavy atom. The van der Waals surface area contributed by atoms with Gasteiger partial charge in [0.15, 0.2) is 0 Å². The Morgan fingerprint density at radius 3 is 2.27 bits per heavy atom. The first-order valence-corrected chi connectivity index (χ1v) is 3.36. The number of anilines is 1. The van der Waals surface area contributed by atoms with E-state index >= 15 is 0 Å². The van der Waals surface area contributed by atoms with Crippen molar-refractivity contribution < 1.29 is 0 Å². The van der Waals surface area contributed by atoms with E-state index in [1.165, 1.54) is 0 Å². The van der Waals surface area contributed by atoms with Gasteiger partial charge in [-0.25, -0.2) is 0 Å². The number of nitrogen functional groups attached to an aromatic ring is 1. The number of rotatable bonds is 1. The van der Waals surface area contributed by atoms with Crippen LogP contribution in [0.4, 0.5) is 11.4 Å². The highest BCUT2D eigenvalue weighted by atomic mass is 16.3. The predicted molar refractivity (Wildman–Crippen MR) is 45.8 cm³/mol. The number of aryl methyl sites for hydroxylation is 2. The van der Waals surface area contributed by atoms with Gasteiger partial charge in [0.1, 0.15) is 5.69 Å². The molecule has 0 radical (unpaired) electrons. The maximum Gasteiger partial charge on any atom is 0.134 e. The molecule has 1 aromatic rings. The summed E-state index contributed by atoms with van der Waals surface area (Å²) in [7, 11) is 0. The Labute approximate surface area is 65.2 Å². The summed E-state index contributed by atoms with van der Waals surface area (Å²) in [5.41, 5.74) is 8.17. The minimum absolute atomic E-state index is 0.366. The molecule has 0 amide bonds. The average Bonchev–Trinajstić information content (AvgIpc) is 1.99. The molecular formula is C8H10N2O. The van der Waals surface area contributed by atoms with E-state index < -0.39 is 0 Å². The summed E-state index contributed by atoms with van der Waals surface area (Å²) in [6, 6.07) is 3.71. The van der Waals surface area contributed by atoms with Gasteiger partial charge in [0.05, 0.1) is 5.69 Å². The monoisotopic (exact) mass is 150 g/mol. The molecule has 0 saturated carbocycles. The largest absolute Gasteiger partial charge is 0.397 e. The van der Waals surface area contributed by atoms with Crippen LogP contribution < -0.4 is 5.73 Å². The first-order valence-electron chi connectivity index (χ1n) is 3.36. The molecule has 1 rings (SSSR count). The summed E-state index contributed by atoms with van der Waals surface area (Å²) in [6.45, 7) is 3.66. The minimum atomic E-state index is 0.366. The van der Waals surface area contributed by atoms with Crippen molar-refractivity contribution in [2.75, 3.05) is 5.73 Å². The van der Waals surface area contributed by atoms with Crippen LogP contribution in [0.5, 0.6) is 0 Å². The summed E-state index contributed by atoms with van der Waals surface area (Å²) in [5, 5.41) is 2.86. The lowest BCUT2D eigenvalue weighted by atomic mass is 10.1. The fourth-order valence-corrected chi connectivity index (χ4v) is 0.939. The zero-order valence-electron chi connectivity index (χ0n) is 6.59. The highest BCUT2D eigenvalue weighted by molar-refractivity contribution is 5.69. The maximum absolute atomic E-state index is 10.3. The van der Waals surface area contributed by atoms with Crippen molar-refractivity contribution in [3.63, 3.8) is 0 Å². The topological polar surface area (TPSA) is 55.5 Å². The van der Waals surface area contributed by atoms with Crippen LogP contribution in [0.25, 0.3) is 0 Å². The van der Waals surface area contributed by atoms with Gasteiger partial charge in [-0.3, -0.25) is 0 Å². The van der Waals surface area contributed by atoms with Crippen LogP contribution >= 0.6 is 0 Å². The van der Waals surface area contributed by atoms with Crippen LogP contribution in [0.2, 0.25) is 0 Å². The number of hydrogen-bond donors (Lipinski definition) is 1. The van der Waals surface area contributed by atoms with Crippen LogP contribution in [0.15, 0.2) is 17.3 Å². The summed E-state index contributed by atoms with van der Waals surface area (Å²) in [6.07, 6.45) is 0. The minimum Gasteiger partial charge on any atom is -0.397 e. The molecular weight excluding hydrogens is 140 g/mol. The highest BCUT2D eigenvalue weighted by Crippen LogP contribution is 2.28. The van der Waals surface area contributed by atoms with Gasteiger partial charge in [0, 0.05) is 0 Å². The molecule has 0 aromatic heterocycles. The fraction of sp³-hybridized carbons (Fsp3) is 0.250. The lowest BCUT2D eigenvalue weighted by Gasteiger charge is -2.03. The van der Waals surface area contributed by atoms with E-state index in [4.69, 9.17) is 5.73 Å². The fourth-order valence-electron chi connectivity index (χ4n) is 0.939. The van der Waals surface area contributed by atoms with Crippen LogP contribution in [0, 0.1) is 18.8 Å². The van der Waals surface area contributed by atoms with Crippen molar-refractivity contribution in [1.29, 1.82) is 0 Å². The molecule has 0 heterocycles. The van der Waals surface area contributed by atoms with E-state index in [0.717, 1.165) is 11.1 Å². The number of benzene rings is 1. The molecule has 0 unspecified atom stereocenters. The standard InChI is InChI=1S/C8H10N2O/c1-5-3-4-6(2)8(10-11)7(5)9/h3-4H,9H2,1-2H3. The van der Waals surface area contributed by atoms with Crippen LogP contribution in [-0.2, 0) is 0 Å². The Bertz CT molecular complexity index is 294. The van der Waals surface area contributed by atoms with Gasteiger partial charge in [-0.15, -0.1) is 4.91 Å². The predicted octanol–water partition coefficient (Wildman–Crippen LogP) is 2.28. The number of hydrogen-bond acceptors (Lipinski definition) is 3. The van der Waals surface area contributed by atoms with Gasteiger partial charge >= 0.3 is 0 Å². The van der Waals surface area contributed by atoms with Crippen molar-refractivity contribution in [2.24, 2.45) is 5.18 Å². The Hall–Kier alpha value is -1.38. The second kappa shape index (κ2) is 2.70. The van der Waals surface area contributed by atoms with Crippen molar-refractivity contribution in [2.45, 2.75) is 13.8 Å². The summed E-state index contributed by atoms with van der Waals surface area (Å²) >= 11 is 0. The second-order valence-electron chi connectivity index (χ2n) is 2.55. The zero-order chi connectivity index (χ0) is 8.43. The SMILES string of the molecule is Cc1ccc(C)c(N=O)c1N. The number of nitrogens with zero attached hydrogens (tertiary/aromatic N) is 1. The van der Waals surface area contributed by atoms with Gasteiger partial charge in [0.25, 0.3) is 0 Å². The molecule has 3 heteroatoms.